The summed E-state index contributed by atoms with van der Waals surface area (Å²) in [6.07, 6.45) is 9.71. The van der Waals surface area contributed by atoms with Gasteiger partial charge in [-0.1, -0.05) is 72.8 Å². The van der Waals surface area contributed by atoms with Crippen LogP contribution in [0.3, 0.4) is 0 Å². The summed E-state index contributed by atoms with van der Waals surface area (Å²) in [7, 11) is 0. The van der Waals surface area contributed by atoms with Crippen LogP contribution >= 0.6 is 0 Å². The largest absolute Gasteiger partial charge is 0.0616 e. The lowest BCUT2D eigenvalue weighted by Gasteiger charge is -2.14. The first kappa shape index (κ1) is 17.5. The summed E-state index contributed by atoms with van der Waals surface area (Å²) in [5.41, 5.74) is 6.08. The van der Waals surface area contributed by atoms with Gasteiger partial charge in [0.25, 0.3) is 0 Å². The molecule has 0 radical (unpaired) electrons. The predicted octanol–water partition coefficient (Wildman–Crippen LogP) is 7.44. The summed E-state index contributed by atoms with van der Waals surface area (Å²) in [4.78, 5) is 0. The Morgan fingerprint density at radius 3 is 0.821 bits per heavy atom. The third kappa shape index (κ3) is 3.33. The van der Waals surface area contributed by atoms with Crippen LogP contribution in [0.4, 0.5) is 0 Å². The van der Waals surface area contributed by atoms with Crippen molar-refractivity contribution in [3.05, 3.63) is 95.1 Å². The molecule has 4 aromatic rings. The van der Waals surface area contributed by atoms with Crippen LogP contribution in [0.5, 0.6) is 0 Å². The van der Waals surface area contributed by atoms with Gasteiger partial charge in [0.2, 0.25) is 0 Å². The molecule has 2 aliphatic rings. The van der Waals surface area contributed by atoms with E-state index in [-0.39, 0.29) is 0 Å². The van der Waals surface area contributed by atoms with Crippen molar-refractivity contribution in [1.82, 2.24) is 0 Å². The average Bonchev–Trinajstić information content (AvgIpc) is 2.75. The van der Waals surface area contributed by atoms with Crippen LogP contribution in [0, 0.1) is 0 Å². The zero-order valence-corrected chi connectivity index (χ0v) is 16.6. The van der Waals surface area contributed by atoms with E-state index in [0.29, 0.717) is 0 Å². The molecular weight excluding hydrogens is 336 g/mol. The maximum Gasteiger partial charge on any atom is -0.0149 e. The minimum Gasteiger partial charge on any atom is -0.0616 e. The lowest BCUT2D eigenvalue weighted by molar-refractivity contribution is 0.730. The molecule has 0 aromatic heterocycles. The summed E-state index contributed by atoms with van der Waals surface area (Å²) >= 11 is 0. The van der Waals surface area contributed by atoms with Gasteiger partial charge >= 0.3 is 0 Å². The first-order chi connectivity index (χ1) is 13.9. The van der Waals surface area contributed by atoms with Gasteiger partial charge in [-0.2, -0.15) is 0 Å². The second-order valence-electron chi connectivity index (χ2n) is 8.27. The normalized spacial score (nSPS) is 15.4. The third-order valence-electron chi connectivity index (χ3n) is 6.49. The first-order valence-electron chi connectivity index (χ1n) is 10.9. The minimum atomic E-state index is 1.18. The molecule has 0 heteroatoms. The Morgan fingerprint density at radius 2 is 0.571 bits per heavy atom. The van der Waals surface area contributed by atoms with Crippen LogP contribution < -0.4 is 0 Å². The highest BCUT2D eigenvalue weighted by Crippen LogP contribution is 2.29. The Balaban J connectivity index is 1.51. The van der Waals surface area contributed by atoms with E-state index >= 15 is 0 Å². The molecular formula is C28H28. The topological polar surface area (TPSA) is 0 Å². The Morgan fingerprint density at radius 1 is 0.321 bits per heavy atom. The molecule has 0 amide bonds. The molecule has 2 aliphatic carbocycles. The lowest BCUT2D eigenvalue weighted by Crippen LogP contribution is -1.97. The van der Waals surface area contributed by atoms with Crippen LogP contribution in [0.25, 0.3) is 21.5 Å². The van der Waals surface area contributed by atoms with Crippen molar-refractivity contribution < 1.29 is 0 Å². The van der Waals surface area contributed by atoms with Gasteiger partial charge < -0.3 is 0 Å². The summed E-state index contributed by atoms with van der Waals surface area (Å²) in [5.74, 6) is 0. The van der Waals surface area contributed by atoms with E-state index < -0.39 is 0 Å². The molecule has 0 unspecified atom stereocenters. The molecule has 4 bridgehead atoms. The molecule has 4 aromatic carbocycles. The zero-order valence-electron chi connectivity index (χ0n) is 16.6. The van der Waals surface area contributed by atoms with Gasteiger partial charge in [0, 0.05) is 0 Å². The lowest BCUT2D eigenvalue weighted by atomic mass is 9.90. The number of hydrogen-bond donors (Lipinski definition) is 0. The summed E-state index contributed by atoms with van der Waals surface area (Å²) in [5, 5.41) is 5.89. The first-order valence-corrected chi connectivity index (χ1v) is 10.9. The number of fused-ring (bicyclic) bond motifs is 8. The second-order valence-corrected chi connectivity index (χ2v) is 8.27. The van der Waals surface area contributed by atoms with E-state index in [2.05, 4.69) is 72.8 Å². The third-order valence-corrected chi connectivity index (χ3v) is 6.49. The van der Waals surface area contributed by atoms with Crippen LogP contribution in [0.15, 0.2) is 72.8 Å². The Bertz CT molecular complexity index is 939. The van der Waals surface area contributed by atoms with E-state index in [1.807, 2.05) is 0 Å². The molecule has 0 aliphatic heterocycles. The molecule has 0 fully saturated rings. The Kier molecular flexibility index (Phi) is 4.87. The van der Waals surface area contributed by atoms with Crippen LogP contribution in [0.1, 0.15) is 47.9 Å². The Hall–Kier alpha value is -2.60. The van der Waals surface area contributed by atoms with Gasteiger partial charge in [-0.3, -0.25) is 0 Å². The number of benzene rings is 4. The summed E-state index contributed by atoms with van der Waals surface area (Å²) < 4.78 is 0. The monoisotopic (exact) mass is 364 g/mol. The van der Waals surface area contributed by atoms with Gasteiger partial charge in [-0.05, 0) is 95.2 Å². The van der Waals surface area contributed by atoms with E-state index in [4.69, 9.17) is 0 Å². The predicted molar refractivity (Wildman–Crippen MR) is 121 cm³/mol. The Labute approximate surface area is 168 Å². The zero-order chi connectivity index (χ0) is 18.8. The van der Waals surface area contributed by atoms with Crippen molar-refractivity contribution in [1.29, 1.82) is 0 Å². The number of aryl methyl sites for hydroxylation is 4. The van der Waals surface area contributed by atoms with Crippen molar-refractivity contribution in [3.8, 4) is 0 Å². The fraction of sp³-hybridized carbons (Fsp3) is 0.286. The number of hydrogen-bond acceptors (Lipinski definition) is 0. The van der Waals surface area contributed by atoms with Crippen molar-refractivity contribution >= 4 is 21.5 Å². The fourth-order valence-corrected chi connectivity index (χ4v) is 4.98. The average molecular weight is 365 g/mol. The standard InChI is InChI=1S/C28H28/c1-2-10-22-19-20-24(28-16-8-7-14-26(22)28)12-4-3-11-23-18-17-21(9-1)25-13-5-6-15-27(23)25/h5-8,13-20H,1-4,9-12H2. The molecule has 0 spiro atoms. The summed E-state index contributed by atoms with van der Waals surface area (Å²) in [6.45, 7) is 0. The molecule has 140 valence electrons. The van der Waals surface area contributed by atoms with E-state index in [0.717, 1.165) is 0 Å². The highest BCUT2D eigenvalue weighted by molar-refractivity contribution is 5.89. The number of rotatable bonds is 0. The maximum atomic E-state index is 2.40. The van der Waals surface area contributed by atoms with Crippen LogP contribution in [0.2, 0.25) is 0 Å². The molecule has 28 heavy (non-hydrogen) atoms. The van der Waals surface area contributed by atoms with Crippen LogP contribution in [-0.2, 0) is 25.7 Å². The van der Waals surface area contributed by atoms with Crippen molar-refractivity contribution in [2.45, 2.75) is 51.4 Å². The van der Waals surface area contributed by atoms with Gasteiger partial charge in [0.1, 0.15) is 0 Å². The minimum absolute atomic E-state index is 1.18. The highest BCUT2D eigenvalue weighted by Gasteiger charge is 2.09. The van der Waals surface area contributed by atoms with Crippen molar-refractivity contribution in [2.24, 2.45) is 0 Å². The maximum absolute atomic E-state index is 2.40. The molecule has 0 nitrogen and oxygen atoms in total. The quantitative estimate of drug-likeness (QED) is 0.304. The highest BCUT2D eigenvalue weighted by atomic mass is 14.1. The molecule has 0 heterocycles. The SMILES string of the molecule is c1ccc2c3ccc(c2c1)CCCCc1ccc(c2ccccc12)CCCC3. The summed E-state index contributed by atoms with van der Waals surface area (Å²) in [6, 6.07) is 27.7. The van der Waals surface area contributed by atoms with Gasteiger partial charge in [0.15, 0.2) is 0 Å². The van der Waals surface area contributed by atoms with Gasteiger partial charge in [0.05, 0.1) is 0 Å². The fourth-order valence-electron chi connectivity index (χ4n) is 4.98. The van der Waals surface area contributed by atoms with E-state index in [9.17, 15) is 0 Å². The van der Waals surface area contributed by atoms with E-state index in [1.165, 1.54) is 95.2 Å². The van der Waals surface area contributed by atoms with E-state index in [1.54, 1.807) is 0 Å². The van der Waals surface area contributed by atoms with Crippen LogP contribution in [-0.4, -0.2) is 0 Å². The molecule has 0 saturated carbocycles. The molecule has 0 saturated heterocycles. The smallest absolute Gasteiger partial charge is 0.0149 e. The molecule has 0 N–H and O–H groups in total. The van der Waals surface area contributed by atoms with Crippen molar-refractivity contribution in [3.63, 3.8) is 0 Å². The molecule has 6 rings (SSSR count). The van der Waals surface area contributed by atoms with Crippen molar-refractivity contribution in [2.75, 3.05) is 0 Å². The second kappa shape index (κ2) is 7.80. The van der Waals surface area contributed by atoms with Gasteiger partial charge in [-0.15, -0.1) is 0 Å². The van der Waals surface area contributed by atoms with Gasteiger partial charge in [-0.25, -0.2) is 0 Å². The molecule has 0 atom stereocenters.